The van der Waals surface area contributed by atoms with Crippen molar-refractivity contribution in [1.82, 2.24) is 14.5 Å². The summed E-state index contributed by atoms with van der Waals surface area (Å²) in [6.45, 7) is 1.04. The lowest BCUT2D eigenvalue weighted by Crippen LogP contribution is -2.40. The summed E-state index contributed by atoms with van der Waals surface area (Å²) in [5.41, 5.74) is 7.93. The molecule has 31 heavy (non-hydrogen) atoms. The van der Waals surface area contributed by atoms with Crippen LogP contribution in [-0.4, -0.2) is 32.8 Å². The highest BCUT2D eigenvalue weighted by molar-refractivity contribution is 6.30. The first-order valence-corrected chi connectivity index (χ1v) is 10.3. The molecule has 1 aliphatic rings. The molecule has 2 N–H and O–H groups in total. The van der Waals surface area contributed by atoms with Gasteiger partial charge in [-0.1, -0.05) is 41.9 Å². The Morgan fingerprint density at radius 1 is 1.13 bits per heavy atom. The predicted octanol–water partition coefficient (Wildman–Crippen LogP) is 2.44. The first-order valence-electron chi connectivity index (χ1n) is 9.94. The lowest BCUT2D eigenvalue weighted by Gasteiger charge is -2.30. The third-order valence-electron chi connectivity index (χ3n) is 5.43. The Morgan fingerprint density at radius 2 is 1.90 bits per heavy atom. The van der Waals surface area contributed by atoms with Crippen LogP contribution in [0.2, 0.25) is 5.02 Å². The van der Waals surface area contributed by atoms with Crippen LogP contribution in [0.25, 0.3) is 0 Å². The van der Waals surface area contributed by atoms with Gasteiger partial charge in [0, 0.05) is 32.0 Å². The summed E-state index contributed by atoms with van der Waals surface area (Å²) < 4.78 is 1.51. The number of fused-ring (bicyclic) bond motifs is 1. The van der Waals surface area contributed by atoms with Gasteiger partial charge in [-0.05, 0) is 41.7 Å². The smallest absolute Gasteiger partial charge is 0.272 e. The third-order valence-corrected chi connectivity index (χ3v) is 5.66. The lowest BCUT2D eigenvalue weighted by molar-refractivity contribution is 0.0728. The zero-order chi connectivity index (χ0) is 22.0. The maximum absolute atomic E-state index is 12.9. The first kappa shape index (κ1) is 20.8. The van der Waals surface area contributed by atoms with E-state index in [1.807, 2.05) is 30.3 Å². The summed E-state index contributed by atoms with van der Waals surface area (Å²) in [5.74, 6) is -0.973. The van der Waals surface area contributed by atoms with Gasteiger partial charge in [0.25, 0.3) is 17.4 Å². The summed E-state index contributed by atoms with van der Waals surface area (Å²) in [5, 5.41) is 0.453. The number of halogens is 1. The van der Waals surface area contributed by atoms with Crippen LogP contribution in [0.3, 0.4) is 0 Å². The number of amides is 2. The van der Waals surface area contributed by atoms with Crippen LogP contribution in [0.5, 0.6) is 0 Å². The average molecular weight is 437 g/mol. The molecule has 1 aromatic carbocycles. The van der Waals surface area contributed by atoms with Crippen LogP contribution < -0.4 is 11.3 Å². The highest BCUT2D eigenvalue weighted by Crippen LogP contribution is 2.22. The summed E-state index contributed by atoms with van der Waals surface area (Å²) >= 11 is 5.86. The van der Waals surface area contributed by atoms with Crippen LogP contribution >= 0.6 is 11.6 Å². The van der Waals surface area contributed by atoms with Crippen molar-refractivity contribution in [2.45, 2.75) is 25.9 Å². The second kappa shape index (κ2) is 8.73. The number of primary amides is 1. The Balaban J connectivity index is 1.64. The lowest BCUT2D eigenvalue weighted by atomic mass is 9.96. The average Bonchev–Trinajstić information content (AvgIpc) is 2.78. The number of aromatic nitrogens is 2. The summed E-state index contributed by atoms with van der Waals surface area (Å²) in [4.78, 5) is 43.6. The van der Waals surface area contributed by atoms with E-state index in [9.17, 15) is 14.4 Å². The quantitative estimate of drug-likeness (QED) is 0.664. The molecule has 0 saturated heterocycles. The zero-order valence-electron chi connectivity index (χ0n) is 16.8. The van der Waals surface area contributed by atoms with E-state index in [2.05, 4.69) is 4.98 Å². The van der Waals surface area contributed by atoms with Gasteiger partial charge < -0.3 is 15.2 Å². The van der Waals surface area contributed by atoms with Gasteiger partial charge in [-0.25, -0.2) is 4.98 Å². The van der Waals surface area contributed by atoms with Gasteiger partial charge in [-0.15, -0.1) is 0 Å². The minimum absolute atomic E-state index is 0.0160. The molecule has 0 unspecified atom stereocenters. The first-order chi connectivity index (χ1) is 14.9. The van der Waals surface area contributed by atoms with Crippen LogP contribution in [0.15, 0.2) is 59.7 Å². The monoisotopic (exact) mass is 436 g/mol. The molecule has 0 spiro atoms. The number of rotatable bonds is 5. The molecule has 8 heteroatoms. The van der Waals surface area contributed by atoms with Crippen molar-refractivity contribution in [3.63, 3.8) is 0 Å². The summed E-state index contributed by atoms with van der Waals surface area (Å²) in [7, 11) is 0. The molecule has 7 nitrogen and oxygen atoms in total. The predicted molar refractivity (Wildman–Crippen MR) is 117 cm³/mol. The topological polar surface area (TPSA) is 98.3 Å². The Labute approximate surface area is 184 Å². The Morgan fingerprint density at radius 3 is 2.58 bits per heavy atom. The molecule has 0 bridgehead atoms. The van der Waals surface area contributed by atoms with Gasteiger partial charge in [0.15, 0.2) is 0 Å². The van der Waals surface area contributed by atoms with E-state index in [1.54, 1.807) is 23.2 Å². The molecule has 0 saturated carbocycles. The minimum atomic E-state index is -0.741. The van der Waals surface area contributed by atoms with E-state index < -0.39 is 5.91 Å². The number of aryl methyl sites for hydroxylation is 2. The Hall–Kier alpha value is -3.45. The molecule has 0 atom stereocenters. The third kappa shape index (κ3) is 4.36. The van der Waals surface area contributed by atoms with Gasteiger partial charge in [-0.3, -0.25) is 14.4 Å². The number of carbonyl (C=O) groups is 2. The number of benzene rings is 1. The second-order valence-corrected chi connectivity index (χ2v) is 7.88. The maximum atomic E-state index is 12.9. The number of nitrogens with zero attached hydrogens (tertiary/aromatic N) is 3. The molecule has 1 aliphatic heterocycles. The summed E-state index contributed by atoms with van der Waals surface area (Å²) in [6, 6.07) is 13.0. The fourth-order valence-corrected chi connectivity index (χ4v) is 3.98. The van der Waals surface area contributed by atoms with Crippen molar-refractivity contribution in [3.8, 4) is 0 Å². The molecule has 3 aromatic rings. The largest absolute Gasteiger partial charge is 0.365 e. The molecular formula is C23H21ClN4O3. The SMILES string of the molecule is NC(=O)c1c2c(cn(CCc3ccccc3)c1=O)CN(C(=O)c1ccc(Cl)cn1)CC2. The molecule has 4 rings (SSSR count). The highest BCUT2D eigenvalue weighted by Gasteiger charge is 2.28. The van der Waals surface area contributed by atoms with E-state index in [0.717, 1.165) is 11.1 Å². The van der Waals surface area contributed by atoms with E-state index in [4.69, 9.17) is 17.3 Å². The van der Waals surface area contributed by atoms with E-state index in [0.29, 0.717) is 42.2 Å². The van der Waals surface area contributed by atoms with Gasteiger partial charge >= 0.3 is 0 Å². The Kier molecular flexibility index (Phi) is 5.86. The standard InChI is InChI=1S/C23H21ClN4O3/c24-17-6-7-19(26-12-17)22(30)27-11-9-18-16(13-27)14-28(23(31)20(18)21(25)29)10-8-15-4-2-1-3-5-15/h1-7,12,14H,8-11,13H2,(H2,25,29). The summed E-state index contributed by atoms with van der Waals surface area (Å²) in [6.07, 6.45) is 4.18. The van der Waals surface area contributed by atoms with Crippen molar-refractivity contribution < 1.29 is 9.59 Å². The maximum Gasteiger partial charge on any atom is 0.272 e. The molecule has 2 amide bonds. The van der Waals surface area contributed by atoms with Crippen LogP contribution in [0.4, 0.5) is 0 Å². The zero-order valence-corrected chi connectivity index (χ0v) is 17.5. The Bertz CT molecular complexity index is 1190. The number of carbonyl (C=O) groups excluding carboxylic acids is 2. The molecule has 158 valence electrons. The van der Waals surface area contributed by atoms with Crippen LogP contribution in [0.1, 0.15) is 37.5 Å². The fraction of sp³-hybridized carbons (Fsp3) is 0.217. The molecular weight excluding hydrogens is 416 g/mol. The number of hydrogen-bond acceptors (Lipinski definition) is 4. The second-order valence-electron chi connectivity index (χ2n) is 7.44. The van der Waals surface area contributed by atoms with Gasteiger partial charge in [0.1, 0.15) is 11.3 Å². The molecule has 2 aromatic heterocycles. The van der Waals surface area contributed by atoms with Crippen molar-refractivity contribution in [1.29, 1.82) is 0 Å². The normalized spacial score (nSPS) is 13.0. The minimum Gasteiger partial charge on any atom is -0.365 e. The fourth-order valence-electron chi connectivity index (χ4n) is 3.86. The molecule has 3 heterocycles. The van der Waals surface area contributed by atoms with Crippen LogP contribution in [-0.2, 0) is 25.9 Å². The van der Waals surface area contributed by atoms with Gasteiger partial charge in [0.05, 0.1) is 5.02 Å². The van der Waals surface area contributed by atoms with Crippen molar-refractivity contribution in [2.75, 3.05) is 6.54 Å². The van der Waals surface area contributed by atoms with E-state index in [-0.39, 0.29) is 23.6 Å². The number of hydrogen-bond donors (Lipinski definition) is 1. The number of pyridine rings is 2. The van der Waals surface area contributed by atoms with Gasteiger partial charge in [0.2, 0.25) is 0 Å². The van der Waals surface area contributed by atoms with Crippen LogP contribution in [0, 0.1) is 0 Å². The van der Waals surface area contributed by atoms with E-state index >= 15 is 0 Å². The molecule has 0 fully saturated rings. The van der Waals surface area contributed by atoms with E-state index in [1.165, 1.54) is 10.8 Å². The molecule has 0 aliphatic carbocycles. The van der Waals surface area contributed by atoms with Crippen molar-refractivity contribution in [2.24, 2.45) is 5.73 Å². The highest BCUT2D eigenvalue weighted by atomic mass is 35.5. The van der Waals surface area contributed by atoms with Gasteiger partial charge in [-0.2, -0.15) is 0 Å². The van der Waals surface area contributed by atoms with Crippen molar-refractivity contribution in [3.05, 3.63) is 98.2 Å². The number of nitrogens with two attached hydrogens (primary N) is 1. The molecule has 0 radical (unpaired) electrons. The van der Waals surface area contributed by atoms with Crippen molar-refractivity contribution >= 4 is 23.4 Å².